The molecule has 1 saturated heterocycles. The lowest BCUT2D eigenvalue weighted by Gasteiger charge is -2.14. The minimum absolute atomic E-state index is 0. The molecule has 2 aliphatic heterocycles. The second kappa shape index (κ2) is 10.4. The van der Waals surface area contributed by atoms with E-state index in [0.29, 0.717) is 0 Å². The maximum Gasteiger partial charge on any atom is 0.236 e. The van der Waals surface area contributed by atoms with Crippen LogP contribution in [-0.2, 0) is 24.4 Å². The molecule has 0 saturated carbocycles. The normalized spacial score (nSPS) is 19.7. The molecule has 1 fully saturated rings. The molecule has 32 heavy (non-hydrogen) atoms. The van der Waals surface area contributed by atoms with Crippen LogP contribution in [0.5, 0.6) is 0 Å². The van der Waals surface area contributed by atoms with Gasteiger partial charge in [-0.25, -0.2) is 4.68 Å². The Balaban J connectivity index is 0.00000144. The van der Waals surface area contributed by atoms with Crippen molar-refractivity contribution >= 4 is 30.7 Å². The third-order valence-electron chi connectivity index (χ3n) is 6.12. The monoisotopic (exact) mass is 474 g/mol. The molecule has 2 atom stereocenters. The van der Waals surface area contributed by atoms with E-state index in [2.05, 4.69) is 74.4 Å². The van der Waals surface area contributed by atoms with Gasteiger partial charge in [0.05, 0.1) is 18.3 Å². The van der Waals surface area contributed by atoms with Crippen molar-refractivity contribution in [1.29, 1.82) is 0 Å². The van der Waals surface area contributed by atoms with Gasteiger partial charge < -0.3 is 10.6 Å². The van der Waals surface area contributed by atoms with Gasteiger partial charge in [0.25, 0.3) is 0 Å². The van der Waals surface area contributed by atoms with E-state index in [9.17, 15) is 4.79 Å². The van der Waals surface area contributed by atoms with Crippen molar-refractivity contribution in [2.24, 2.45) is 0 Å². The van der Waals surface area contributed by atoms with Crippen LogP contribution in [0, 0.1) is 0 Å². The second-order valence-electron chi connectivity index (χ2n) is 8.16. The quantitative estimate of drug-likeness (QED) is 0.594. The average Bonchev–Trinajstić information content (AvgIpc) is 3.52. The van der Waals surface area contributed by atoms with Gasteiger partial charge in [0.2, 0.25) is 5.91 Å². The lowest BCUT2D eigenvalue weighted by Crippen LogP contribution is -2.38. The first-order valence-corrected chi connectivity index (χ1v) is 10.4. The first-order chi connectivity index (χ1) is 14.7. The van der Waals surface area contributed by atoms with Crippen LogP contribution in [0.2, 0.25) is 0 Å². The average molecular weight is 475 g/mol. The van der Waals surface area contributed by atoms with Crippen molar-refractivity contribution in [3.8, 4) is 11.3 Å². The van der Waals surface area contributed by atoms with Crippen molar-refractivity contribution in [3.63, 3.8) is 0 Å². The first-order valence-electron chi connectivity index (χ1n) is 10.4. The summed E-state index contributed by atoms with van der Waals surface area (Å²) in [5.74, 6) is 0.0227. The number of likely N-dealkylation sites (N-methyl/N-ethyl adjacent to an activating group) is 1. The highest BCUT2D eigenvalue weighted by molar-refractivity contribution is 5.85. The zero-order valence-corrected chi connectivity index (χ0v) is 19.5. The Bertz CT molecular complexity index is 1030. The molecule has 170 valence electrons. The number of hydrogen-bond acceptors (Lipinski definition) is 5. The number of nitrogens with one attached hydrogen (secondary N) is 2. The van der Waals surface area contributed by atoms with E-state index in [0.717, 1.165) is 43.9 Å². The van der Waals surface area contributed by atoms with Crippen molar-refractivity contribution in [3.05, 3.63) is 71.4 Å². The minimum atomic E-state index is -0.163. The number of halogens is 2. The molecule has 0 bridgehead atoms. The summed E-state index contributed by atoms with van der Waals surface area (Å²) in [5, 5.41) is 14.6. The zero-order chi connectivity index (χ0) is 20.5. The van der Waals surface area contributed by atoms with Gasteiger partial charge in [0.1, 0.15) is 5.69 Å². The lowest BCUT2D eigenvalue weighted by molar-refractivity contribution is -0.122. The van der Waals surface area contributed by atoms with Crippen molar-refractivity contribution in [2.75, 3.05) is 13.6 Å². The highest BCUT2D eigenvalue weighted by atomic mass is 35.5. The minimum Gasteiger partial charge on any atom is -0.358 e. The van der Waals surface area contributed by atoms with Crippen LogP contribution in [0.25, 0.3) is 11.3 Å². The molecule has 3 aromatic rings. The first kappa shape index (κ1) is 24.2. The number of amides is 1. The number of benzene rings is 2. The molecular formula is C23H28Cl2N6O. The molecule has 1 aromatic heterocycles. The maximum atomic E-state index is 11.8. The largest absolute Gasteiger partial charge is 0.358 e. The summed E-state index contributed by atoms with van der Waals surface area (Å²) in [7, 11) is 1.66. The van der Waals surface area contributed by atoms with Crippen LogP contribution in [0.1, 0.15) is 29.2 Å². The number of nitrogens with zero attached hydrogens (tertiary/aromatic N) is 4. The topological polar surface area (TPSA) is 75.1 Å². The number of rotatable bonds is 5. The summed E-state index contributed by atoms with van der Waals surface area (Å²) in [4.78, 5) is 14.3. The van der Waals surface area contributed by atoms with Crippen LogP contribution in [-0.4, -0.2) is 45.4 Å². The van der Waals surface area contributed by atoms with Crippen LogP contribution in [0.3, 0.4) is 0 Å². The Labute approximate surface area is 200 Å². The summed E-state index contributed by atoms with van der Waals surface area (Å²) in [6.45, 7) is 3.69. The van der Waals surface area contributed by atoms with Crippen LogP contribution >= 0.6 is 24.8 Å². The lowest BCUT2D eigenvalue weighted by atomic mass is 10.1. The predicted octanol–water partition coefficient (Wildman–Crippen LogP) is 2.95. The number of carbonyl (C=O) groups is 1. The van der Waals surface area contributed by atoms with Crippen molar-refractivity contribution in [2.45, 2.75) is 38.1 Å². The van der Waals surface area contributed by atoms with E-state index in [-0.39, 0.29) is 42.8 Å². The van der Waals surface area contributed by atoms with Crippen molar-refractivity contribution < 1.29 is 4.79 Å². The Kier molecular flexibility index (Phi) is 7.90. The van der Waals surface area contributed by atoms with E-state index in [4.69, 9.17) is 0 Å². The number of carbonyl (C=O) groups excluding carboxylic acids is 1. The molecule has 5 rings (SSSR count). The van der Waals surface area contributed by atoms with Crippen molar-refractivity contribution in [1.82, 2.24) is 30.5 Å². The van der Waals surface area contributed by atoms with Gasteiger partial charge in [0.15, 0.2) is 0 Å². The molecule has 2 N–H and O–H groups in total. The number of fused-ring (bicyclic) bond motifs is 1. The van der Waals surface area contributed by atoms with E-state index in [1.807, 2.05) is 10.9 Å². The van der Waals surface area contributed by atoms with E-state index in [1.165, 1.54) is 16.7 Å². The van der Waals surface area contributed by atoms with E-state index < -0.39 is 0 Å². The van der Waals surface area contributed by atoms with Gasteiger partial charge in [-0.1, -0.05) is 53.7 Å². The number of aromatic nitrogens is 3. The van der Waals surface area contributed by atoms with Gasteiger partial charge in [-0.3, -0.25) is 9.69 Å². The van der Waals surface area contributed by atoms with Gasteiger partial charge in [0, 0.05) is 38.8 Å². The fourth-order valence-corrected chi connectivity index (χ4v) is 4.43. The fraction of sp³-hybridized carbons (Fsp3) is 0.348. The molecule has 7 nitrogen and oxygen atoms in total. The maximum absolute atomic E-state index is 11.8. The Morgan fingerprint density at radius 1 is 1.09 bits per heavy atom. The number of hydrogen-bond donors (Lipinski definition) is 2. The molecule has 0 unspecified atom stereocenters. The Hall–Kier alpha value is -2.45. The molecule has 0 radical (unpaired) electrons. The van der Waals surface area contributed by atoms with Crippen LogP contribution < -0.4 is 10.6 Å². The molecule has 2 aliphatic rings. The third-order valence-corrected chi connectivity index (χ3v) is 6.12. The summed E-state index contributed by atoms with van der Waals surface area (Å²) < 4.78 is 1.88. The van der Waals surface area contributed by atoms with Gasteiger partial charge in [-0.2, -0.15) is 0 Å². The van der Waals surface area contributed by atoms with Gasteiger partial charge in [-0.15, -0.1) is 29.9 Å². The van der Waals surface area contributed by atoms with Crippen LogP contribution in [0.15, 0.2) is 54.7 Å². The summed E-state index contributed by atoms with van der Waals surface area (Å²) in [5.41, 5.74) is 6.09. The summed E-state index contributed by atoms with van der Waals surface area (Å²) in [6.07, 6.45) is 2.70. The SMILES string of the molecule is CNC(=O)[C@@H]1C[C@H](n2cc(-c3ccc(CN4Cc5ccccc5C4)cc3)nn2)CN1.Cl.Cl. The molecule has 0 spiro atoms. The highest BCUT2D eigenvalue weighted by Gasteiger charge is 2.30. The second-order valence-corrected chi connectivity index (χ2v) is 8.16. The molecule has 1 amide bonds. The Morgan fingerprint density at radius 2 is 1.78 bits per heavy atom. The smallest absolute Gasteiger partial charge is 0.236 e. The summed E-state index contributed by atoms with van der Waals surface area (Å²) in [6, 6.07) is 17.2. The van der Waals surface area contributed by atoms with Gasteiger partial charge >= 0.3 is 0 Å². The molecular weight excluding hydrogens is 447 g/mol. The van der Waals surface area contributed by atoms with E-state index in [1.54, 1.807) is 7.05 Å². The third kappa shape index (κ3) is 4.96. The molecule has 0 aliphatic carbocycles. The zero-order valence-electron chi connectivity index (χ0n) is 17.9. The standard InChI is InChI=1S/C23H26N6O.2ClH/c1-24-23(30)21-10-20(11-25-21)29-15-22(26-27-29)17-8-6-16(7-9-17)12-28-13-18-4-2-3-5-19(18)14-28;;/h2-9,15,20-21,25H,10-14H2,1H3,(H,24,30);2*1H/t20-,21-;;/m0../s1. The van der Waals surface area contributed by atoms with Crippen LogP contribution in [0.4, 0.5) is 0 Å². The van der Waals surface area contributed by atoms with Gasteiger partial charge in [-0.05, 0) is 23.1 Å². The molecule has 3 heterocycles. The molecule has 2 aromatic carbocycles. The highest BCUT2D eigenvalue weighted by Crippen LogP contribution is 2.26. The summed E-state index contributed by atoms with van der Waals surface area (Å²) >= 11 is 0. The van der Waals surface area contributed by atoms with E-state index >= 15 is 0 Å². The Morgan fingerprint density at radius 3 is 2.44 bits per heavy atom. The predicted molar refractivity (Wildman–Crippen MR) is 129 cm³/mol. The molecule has 9 heteroatoms. The fourth-order valence-electron chi connectivity index (χ4n) is 4.43.